The SMILES string of the molecule is B.CCCCOCCCC. The van der Waals surface area contributed by atoms with E-state index in [1.807, 2.05) is 0 Å². The lowest BCUT2D eigenvalue weighted by molar-refractivity contribution is 0.128. The third kappa shape index (κ3) is 10.9. The van der Waals surface area contributed by atoms with Crippen molar-refractivity contribution in [3.8, 4) is 0 Å². The van der Waals surface area contributed by atoms with Crippen LogP contribution in [0.25, 0.3) is 0 Å². The molecule has 0 spiro atoms. The van der Waals surface area contributed by atoms with E-state index in [4.69, 9.17) is 4.74 Å². The molecule has 0 aliphatic carbocycles. The Morgan fingerprint density at radius 3 is 1.60 bits per heavy atom. The molecule has 2 heteroatoms. The zero-order valence-corrected chi connectivity index (χ0v) is 6.65. The van der Waals surface area contributed by atoms with Gasteiger partial charge >= 0.3 is 0 Å². The van der Waals surface area contributed by atoms with Gasteiger partial charge in [0.2, 0.25) is 0 Å². The van der Waals surface area contributed by atoms with Crippen LogP contribution in [0.2, 0.25) is 0 Å². The predicted molar refractivity (Wildman–Crippen MR) is 50.6 cm³/mol. The molecule has 0 N–H and O–H groups in total. The minimum Gasteiger partial charge on any atom is -0.381 e. The van der Waals surface area contributed by atoms with Gasteiger partial charge in [-0.15, -0.1) is 0 Å². The lowest BCUT2D eigenvalue weighted by atomic mass is 10.3. The summed E-state index contributed by atoms with van der Waals surface area (Å²) in [5.74, 6) is 0. The lowest BCUT2D eigenvalue weighted by Crippen LogP contribution is -1.95. The van der Waals surface area contributed by atoms with Crippen LogP contribution in [-0.4, -0.2) is 21.6 Å². The highest BCUT2D eigenvalue weighted by Crippen LogP contribution is 1.91. The van der Waals surface area contributed by atoms with Crippen LogP contribution in [0.15, 0.2) is 0 Å². The maximum absolute atomic E-state index is 5.31. The van der Waals surface area contributed by atoms with Crippen LogP contribution >= 0.6 is 0 Å². The van der Waals surface area contributed by atoms with E-state index in [0.717, 1.165) is 13.2 Å². The smallest absolute Gasteiger partial charge is 0.0814 e. The Morgan fingerprint density at radius 2 is 1.30 bits per heavy atom. The molecule has 0 aromatic heterocycles. The van der Waals surface area contributed by atoms with Crippen LogP contribution in [0.5, 0.6) is 0 Å². The monoisotopic (exact) mass is 144 g/mol. The standard InChI is InChI=1S/C8H18O.BH3/c1-3-5-7-9-8-6-4-2;/h3-8H2,1-2H3;1H3. The molecular formula is C8H21BO. The average molecular weight is 144 g/mol. The van der Waals surface area contributed by atoms with Gasteiger partial charge in [-0.25, -0.2) is 0 Å². The van der Waals surface area contributed by atoms with Crippen LogP contribution in [0.4, 0.5) is 0 Å². The van der Waals surface area contributed by atoms with Crippen LogP contribution in [0.3, 0.4) is 0 Å². The molecule has 0 fully saturated rings. The fraction of sp³-hybridized carbons (Fsp3) is 1.00. The number of unbranched alkanes of at least 4 members (excludes halogenated alkanes) is 2. The van der Waals surface area contributed by atoms with E-state index < -0.39 is 0 Å². The quantitative estimate of drug-likeness (QED) is 0.404. The Balaban J connectivity index is 0. The van der Waals surface area contributed by atoms with Crippen molar-refractivity contribution in [3.63, 3.8) is 0 Å². The molecule has 0 radical (unpaired) electrons. The summed E-state index contributed by atoms with van der Waals surface area (Å²) in [4.78, 5) is 0. The summed E-state index contributed by atoms with van der Waals surface area (Å²) in [5.41, 5.74) is 0. The van der Waals surface area contributed by atoms with Crippen molar-refractivity contribution in [1.29, 1.82) is 0 Å². The van der Waals surface area contributed by atoms with Gasteiger partial charge in [0.1, 0.15) is 0 Å². The van der Waals surface area contributed by atoms with Crippen LogP contribution in [0.1, 0.15) is 39.5 Å². The molecule has 10 heavy (non-hydrogen) atoms. The van der Waals surface area contributed by atoms with Gasteiger partial charge in [-0.3, -0.25) is 0 Å². The summed E-state index contributed by atoms with van der Waals surface area (Å²) in [7, 11) is 0. The van der Waals surface area contributed by atoms with Gasteiger partial charge in [0, 0.05) is 13.2 Å². The van der Waals surface area contributed by atoms with E-state index in [-0.39, 0.29) is 8.41 Å². The molecule has 0 aromatic rings. The highest BCUT2D eigenvalue weighted by molar-refractivity contribution is 5.75. The highest BCUT2D eigenvalue weighted by Gasteiger charge is 1.84. The Morgan fingerprint density at radius 1 is 0.900 bits per heavy atom. The maximum atomic E-state index is 5.31. The second kappa shape index (κ2) is 11.8. The average Bonchev–Trinajstić information content (AvgIpc) is 1.89. The molecule has 0 aromatic carbocycles. The number of hydrogen-bond acceptors (Lipinski definition) is 1. The Labute approximate surface area is 66.7 Å². The topological polar surface area (TPSA) is 9.23 Å². The van der Waals surface area contributed by atoms with Crippen LogP contribution < -0.4 is 0 Å². The molecule has 0 amide bonds. The molecule has 62 valence electrons. The number of hydrogen-bond donors (Lipinski definition) is 0. The minimum atomic E-state index is 0. The van der Waals surface area contributed by atoms with Crippen molar-refractivity contribution < 1.29 is 4.74 Å². The van der Waals surface area contributed by atoms with Gasteiger partial charge in [0.25, 0.3) is 0 Å². The van der Waals surface area contributed by atoms with Gasteiger partial charge in [-0.05, 0) is 12.8 Å². The van der Waals surface area contributed by atoms with E-state index in [9.17, 15) is 0 Å². The summed E-state index contributed by atoms with van der Waals surface area (Å²) < 4.78 is 5.31. The molecule has 1 nitrogen and oxygen atoms in total. The Kier molecular flexibility index (Phi) is 14.9. The molecular weight excluding hydrogens is 123 g/mol. The molecule has 0 unspecified atom stereocenters. The van der Waals surface area contributed by atoms with Gasteiger partial charge in [-0.1, -0.05) is 26.7 Å². The Bertz CT molecular complexity index is 42.5. The summed E-state index contributed by atoms with van der Waals surface area (Å²) in [6.45, 7) is 6.28. The highest BCUT2D eigenvalue weighted by atomic mass is 16.5. The Hall–Kier alpha value is 0.0249. The molecule has 0 bridgehead atoms. The van der Waals surface area contributed by atoms with E-state index >= 15 is 0 Å². The fourth-order valence-electron chi connectivity index (χ4n) is 0.595. The van der Waals surface area contributed by atoms with E-state index in [0.29, 0.717) is 0 Å². The second-order valence-electron chi connectivity index (χ2n) is 2.32. The van der Waals surface area contributed by atoms with Crippen LogP contribution in [-0.2, 0) is 4.74 Å². The van der Waals surface area contributed by atoms with Gasteiger partial charge in [0.15, 0.2) is 0 Å². The predicted octanol–water partition coefficient (Wildman–Crippen LogP) is 1.42. The first kappa shape index (κ1) is 12.7. The first-order valence-electron chi connectivity index (χ1n) is 3.99. The summed E-state index contributed by atoms with van der Waals surface area (Å²) in [6.07, 6.45) is 4.91. The zero-order valence-electron chi connectivity index (χ0n) is 6.65. The molecule has 0 saturated carbocycles. The first-order valence-corrected chi connectivity index (χ1v) is 3.99. The van der Waals surface area contributed by atoms with Crippen molar-refractivity contribution in [2.24, 2.45) is 0 Å². The molecule has 0 rings (SSSR count). The normalized spacial score (nSPS) is 9.00. The van der Waals surface area contributed by atoms with Gasteiger partial charge in [-0.2, -0.15) is 0 Å². The van der Waals surface area contributed by atoms with E-state index in [1.54, 1.807) is 0 Å². The second-order valence-corrected chi connectivity index (χ2v) is 2.32. The van der Waals surface area contributed by atoms with Gasteiger partial charge in [0.05, 0.1) is 8.41 Å². The van der Waals surface area contributed by atoms with E-state index in [2.05, 4.69) is 13.8 Å². The first-order chi connectivity index (χ1) is 4.41. The van der Waals surface area contributed by atoms with Crippen molar-refractivity contribution in [2.75, 3.05) is 13.2 Å². The van der Waals surface area contributed by atoms with E-state index in [1.165, 1.54) is 25.7 Å². The molecule has 0 atom stereocenters. The fourth-order valence-corrected chi connectivity index (χ4v) is 0.595. The van der Waals surface area contributed by atoms with Gasteiger partial charge < -0.3 is 4.74 Å². The third-order valence-electron chi connectivity index (χ3n) is 1.28. The minimum absolute atomic E-state index is 0. The summed E-state index contributed by atoms with van der Waals surface area (Å²) in [6, 6.07) is 0. The lowest BCUT2D eigenvalue weighted by Gasteiger charge is -1.99. The van der Waals surface area contributed by atoms with Crippen molar-refractivity contribution in [3.05, 3.63) is 0 Å². The van der Waals surface area contributed by atoms with Crippen LogP contribution in [0, 0.1) is 0 Å². The third-order valence-corrected chi connectivity index (χ3v) is 1.28. The number of rotatable bonds is 6. The zero-order chi connectivity index (χ0) is 6.95. The van der Waals surface area contributed by atoms with Crippen molar-refractivity contribution in [1.82, 2.24) is 0 Å². The largest absolute Gasteiger partial charge is 0.381 e. The molecule has 0 saturated heterocycles. The van der Waals surface area contributed by atoms with Crippen molar-refractivity contribution in [2.45, 2.75) is 39.5 Å². The molecule has 0 aliphatic rings. The summed E-state index contributed by atoms with van der Waals surface area (Å²) >= 11 is 0. The molecule has 0 heterocycles. The van der Waals surface area contributed by atoms with Crippen molar-refractivity contribution >= 4 is 8.41 Å². The number of ether oxygens (including phenoxy) is 1. The molecule has 0 aliphatic heterocycles. The maximum Gasteiger partial charge on any atom is 0.0814 e. The summed E-state index contributed by atoms with van der Waals surface area (Å²) in [5, 5.41) is 0.